The second-order valence-corrected chi connectivity index (χ2v) is 5.23. The number of para-hydroxylation sites is 1. The highest BCUT2D eigenvalue weighted by Crippen LogP contribution is 2.25. The quantitative estimate of drug-likeness (QED) is 0.680. The number of likely N-dealkylation sites (N-methyl/N-ethyl adjacent to an activating group) is 1. The molecule has 4 heteroatoms. The molecule has 0 saturated heterocycles. The van der Waals surface area contributed by atoms with E-state index in [1.807, 2.05) is 13.0 Å². The fraction of sp³-hybridized carbons (Fsp3) is 0.647. The van der Waals surface area contributed by atoms with Crippen molar-refractivity contribution < 1.29 is 9.47 Å². The van der Waals surface area contributed by atoms with Crippen LogP contribution < -0.4 is 10.1 Å². The van der Waals surface area contributed by atoms with Crippen LogP contribution in [0.5, 0.6) is 5.75 Å². The third kappa shape index (κ3) is 6.46. The van der Waals surface area contributed by atoms with E-state index >= 15 is 0 Å². The van der Waals surface area contributed by atoms with Crippen LogP contribution in [0.15, 0.2) is 24.3 Å². The predicted octanol–water partition coefficient (Wildman–Crippen LogP) is 2.70. The van der Waals surface area contributed by atoms with Gasteiger partial charge in [0.15, 0.2) is 0 Å². The van der Waals surface area contributed by atoms with Gasteiger partial charge in [-0.25, -0.2) is 0 Å². The van der Waals surface area contributed by atoms with Crippen LogP contribution in [0, 0.1) is 0 Å². The van der Waals surface area contributed by atoms with Gasteiger partial charge >= 0.3 is 0 Å². The maximum Gasteiger partial charge on any atom is 0.124 e. The molecular formula is C17H30N2O2. The Labute approximate surface area is 129 Å². The molecule has 21 heavy (non-hydrogen) atoms. The lowest BCUT2D eigenvalue weighted by Gasteiger charge is -2.26. The van der Waals surface area contributed by atoms with Crippen molar-refractivity contribution in [3.8, 4) is 5.75 Å². The van der Waals surface area contributed by atoms with Crippen LogP contribution >= 0.6 is 0 Å². The SMILES string of the molecule is CCCNC(CN(C)CCOC)c1ccccc1OCC. The van der Waals surface area contributed by atoms with Gasteiger partial charge in [0, 0.05) is 31.8 Å². The van der Waals surface area contributed by atoms with E-state index in [1.54, 1.807) is 7.11 Å². The number of nitrogens with zero attached hydrogens (tertiary/aromatic N) is 1. The molecule has 120 valence electrons. The molecule has 0 aromatic heterocycles. The molecule has 0 aliphatic heterocycles. The Bertz CT molecular complexity index is 385. The first kappa shape index (κ1) is 18.0. The smallest absolute Gasteiger partial charge is 0.124 e. The van der Waals surface area contributed by atoms with Crippen molar-refractivity contribution >= 4 is 0 Å². The third-order valence-corrected chi connectivity index (χ3v) is 3.41. The van der Waals surface area contributed by atoms with Crippen LogP contribution in [-0.2, 0) is 4.74 Å². The van der Waals surface area contributed by atoms with Gasteiger partial charge < -0.3 is 19.7 Å². The molecule has 0 aliphatic carbocycles. The Morgan fingerprint density at radius 1 is 1.24 bits per heavy atom. The maximum absolute atomic E-state index is 5.78. The number of hydrogen-bond acceptors (Lipinski definition) is 4. The van der Waals surface area contributed by atoms with E-state index in [4.69, 9.17) is 9.47 Å². The highest BCUT2D eigenvalue weighted by Gasteiger charge is 2.17. The summed E-state index contributed by atoms with van der Waals surface area (Å²) in [6.07, 6.45) is 1.12. The van der Waals surface area contributed by atoms with Crippen molar-refractivity contribution in [1.29, 1.82) is 0 Å². The molecule has 0 fully saturated rings. The van der Waals surface area contributed by atoms with E-state index in [2.05, 4.69) is 42.4 Å². The van der Waals surface area contributed by atoms with Crippen LogP contribution in [0.25, 0.3) is 0 Å². The summed E-state index contributed by atoms with van der Waals surface area (Å²) in [5, 5.41) is 3.63. The monoisotopic (exact) mass is 294 g/mol. The van der Waals surface area contributed by atoms with Gasteiger partial charge in [-0.3, -0.25) is 0 Å². The molecular weight excluding hydrogens is 264 g/mol. The number of methoxy groups -OCH3 is 1. The number of hydrogen-bond donors (Lipinski definition) is 1. The summed E-state index contributed by atoms with van der Waals surface area (Å²) >= 11 is 0. The van der Waals surface area contributed by atoms with Crippen LogP contribution in [0.4, 0.5) is 0 Å². The molecule has 0 spiro atoms. The molecule has 1 aromatic rings. The van der Waals surface area contributed by atoms with E-state index in [-0.39, 0.29) is 6.04 Å². The van der Waals surface area contributed by atoms with Crippen molar-refractivity contribution in [2.24, 2.45) is 0 Å². The Morgan fingerprint density at radius 3 is 2.67 bits per heavy atom. The number of rotatable bonds is 11. The lowest BCUT2D eigenvalue weighted by molar-refractivity contribution is 0.155. The fourth-order valence-electron chi connectivity index (χ4n) is 2.30. The van der Waals surface area contributed by atoms with Crippen LogP contribution in [0.3, 0.4) is 0 Å². The van der Waals surface area contributed by atoms with E-state index < -0.39 is 0 Å². The van der Waals surface area contributed by atoms with Crippen molar-refractivity contribution in [2.45, 2.75) is 26.3 Å². The molecule has 0 aliphatic rings. The van der Waals surface area contributed by atoms with E-state index in [0.717, 1.165) is 38.4 Å². The average molecular weight is 294 g/mol. The molecule has 1 N–H and O–H groups in total. The molecule has 0 bridgehead atoms. The lowest BCUT2D eigenvalue weighted by atomic mass is 10.0. The second-order valence-electron chi connectivity index (χ2n) is 5.23. The maximum atomic E-state index is 5.78. The Hall–Kier alpha value is -1.10. The minimum Gasteiger partial charge on any atom is -0.494 e. The average Bonchev–Trinajstić information content (AvgIpc) is 2.50. The van der Waals surface area contributed by atoms with Gasteiger partial charge in [0.25, 0.3) is 0 Å². The minimum absolute atomic E-state index is 0.273. The summed E-state index contributed by atoms with van der Waals surface area (Å²) in [7, 11) is 3.87. The molecule has 1 aromatic carbocycles. The zero-order valence-electron chi connectivity index (χ0n) is 13.9. The summed E-state index contributed by atoms with van der Waals surface area (Å²) in [5.74, 6) is 0.980. The molecule has 0 radical (unpaired) electrons. The summed E-state index contributed by atoms with van der Waals surface area (Å²) in [4.78, 5) is 2.29. The summed E-state index contributed by atoms with van der Waals surface area (Å²) < 4.78 is 10.9. The highest BCUT2D eigenvalue weighted by molar-refractivity contribution is 5.36. The molecule has 4 nitrogen and oxygen atoms in total. The first-order valence-electron chi connectivity index (χ1n) is 7.85. The number of ether oxygens (including phenoxy) is 2. The van der Waals surface area contributed by atoms with E-state index in [9.17, 15) is 0 Å². The summed E-state index contributed by atoms with van der Waals surface area (Å²) in [6, 6.07) is 8.58. The number of nitrogens with one attached hydrogen (secondary N) is 1. The van der Waals surface area contributed by atoms with E-state index in [0.29, 0.717) is 6.61 Å². The first-order chi connectivity index (χ1) is 10.2. The molecule has 1 unspecified atom stereocenters. The van der Waals surface area contributed by atoms with Crippen molar-refractivity contribution in [3.63, 3.8) is 0 Å². The highest BCUT2D eigenvalue weighted by atomic mass is 16.5. The molecule has 0 amide bonds. The van der Waals surface area contributed by atoms with Crippen LogP contribution in [-0.4, -0.2) is 51.9 Å². The molecule has 1 rings (SSSR count). The van der Waals surface area contributed by atoms with Gasteiger partial charge in [-0.05, 0) is 33.0 Å². The zero-order valence-corrected chi connectivity index (χ0v) is 13.9. The van der Waals surface area contributed by atoms with Crippen molar-refractivity contribution in [3.05, 3.63) is 29.8 Å². The van der Waals surface area contributed by atoms with Gasteiger partial charge in [0.05, 0.1) is 13.2 Å². The molecule has 0 saturated carbocycles. The Morgan fingerprint density at radius 2 is 2.00 bits per heavy atom. The Balaban J connectivity index is 2.80. The van der Waals surface area contributed by atoms with Crippen LogP contribution in [0.2, 0.25) is 0 Å². The first-order valence-corrected chi connectivity index (χ1v) is 7.85. The topological polar surface area (TPSA) is 33.7 Å². The predicted molar refractivity (Wildman–Crippen MR) is 88.0 cm³/mol. The minimum atomic E-state index is 0.273. The molecule has 0 heterocycles. The normalized spacial score (nSPS) is 12.6. The standard InChI is InChI=1S/C17H30N2O2/c1-5-11-18-16(14-19(3)12-13-20-4)15-9-7-8-10-17(15)21-6-2/h7-10,16,18H,5-6,11-14H2,1-4H3. The Kier molecular flexibility index (Phi) is 9.06. The van der Waals surface area contributed by atoms with Crippen LogP contribution in [0.1, 0.15) is 31.9 Å². The largest absolute Gasteiger partial charge is 0.494 e. The van der Waals surface area contributed by atoms with Gasteiger partial charge in [-0.1, -0.05) is 25.1 Å². The van der Waals surface area contributed by atoms with Gasteiger partial charge in [0.1, 0.15) is 5.75 Å². The third-order valence-electron chi connectivity index (χ3n) is 3.41. The van der Waals surface area contributed by atoms with Crippen molar-refractivity contribution in [1.82, 2.24) is 10.2 Å². The van der Waals surface area contributed by atoms with E-state index in [1.165, 1.54) is 5.56 Å². The lowest BCUT2D eigenvalue weighted by Crippen LogP contribution is -2.35. The van der Waals surface area contributed by atoms with Gasteiger partial charge in [0.2, 0.25) is 0 Å². The van der Waals surface area contributed by atoms with Gasteiger partial charge in [-0.15, -0.1) is 0 Å². The second kappa shape index (κ2) is 10.6. The van der Waals surface area contributed by atoms with Gasteiger partial charge in [-0.2, -0.15) is 0 Å². The van der Waals surface area contributed by atoms with Crippen molar-refractivity contribution in [2.75, 3.05) is 47.0 Å². The zero-order chi connectivity index (χ0) is 15.5. The number of benzene rings is 1. The molecule has 1 atom stereocenters. The fourth-order valence-corrected chi connectivity index (χ4v) is 2.30. The summed E-state index contributed by atoms with van der Waals surface area (Å²) in [5.41, 5.74) is 1.23. The summed E-state index contributed by atoms with van der Waals surface area (Å²) in [6.45, 7) is 8.53.